The van der Waals surface area contributed by atoms with E-state index in [0.717, 1.165) is 31.9 Å². The van der Waals surface area contributed by atoms with Crippen LogP contribution in [0.4, 0.5) is 0 Å². The lowest BCUT2D eigenvalue weighted by atomic mass is 9.97. The van der Waals surface area contributed by atoms with Crippen molar-refractivity contribution in [2.24, 2.45) is 11.7 Å². The van der Waals surface area contributed by atoms with Crippen LogP contribution in [0.1, 0.15) is 25.1 Å². The molecule has 3 unspecified atom stereocenters. The Labute approximate surface area is 102 Å². The summed E-state index contributed by atoms with van der Waals surface area (Å²) in [5.41, 5.74) is 7.35. The Kier molecular flexibility index (Phi) is 4.15. The summed E-state index contributed by atoms with van der Waals surface area (Å²) in [6.45, 7) is 4.40. The molecule has 0 aliphatic carbocycles. The van der Waals surface area contributed by atoms with E-state index in [1.807, 2.05) is 19.4 Å². The molecule has 2 rings (SSSR count). The molecule has 1 aromatic heterocycles. The molecule has 0 spiro atoms. The van der Waals surface area contributed by atoms with Crippen LogP contribution in [-0.2, 0) is 16.0 Å². The molecular weight excluding hydrogens is 218 g/mol. The van der Waals surface area contributed by atoms with Crippen molar-refractivity contribution < 1.29 is 9.47 Å². The van der Waals surface area contributed by atoms with Crippen LogP contribution < -0.4 is 5.73 Å². The molecular formula is C12H21N3O2. The largest absolute Gasteiger partial charge is 0.381 e. The summed E-state index contributed by atoms with van der Waals surface area (Å²) in [6, 6.07) is 0.00376. The monoisotopic (exact) mass is 239 g/mol. The van der Waals surface area contributed by atoms with E-state index >= 15 is 0 Å². The zero-order chi connectivity index (χ0) is 12.3. The average Bonchev–Trinajstić information content (AvgIpc) is 2.98. The Balaban J connectivity index is 2.06. The molecule has 0 bridgehead atoms. The van der Waals surface area contributed by atoms with Gasteiger partial charge in [-0.25, -0.2) is 4.98 Å². The normalized spacial score (nSPS) is 23.8. The maximum absolute atomic E-state index is 6.28. The zero-order valence-corrected chi connectivity index (χ0v) is 10.5. The van der Waals surface area contributed by atoms with Gasteiger partial charge in [-0.3, -0.25) is 0 Å². The molecule has 1 aromatic rings. The van der Waals surface area contributed by atoms with Gasteiger partial charge in [0.15, 0.2) is 0 Å². The summed E-state index contributed by atoms with van der Waals surface area (Å²) in [6.07, 6.45) is 4.87. The average molecular weight is 239 g/mol. The smallest absolute Gasteiger partial charge is 0.0949 e. The molecule has 0 saturated carbocycles. The molecule has 5 nitrogen and oxygen atoms in total. The summed E-state index contributed by atoms with van der Waals surface area (Å²) in [5.74, 6) is 0.406. The minimum Gasteiger partial charge on any atom is -0.381 e. The predicted molar refractivity (Wildman–Crippen MR) is 64.6 cm³/mol. The topological polar surface area (TPSA) is 62.3 Å². The first-order valence-corrected chi connectivity index (χ1v) is 6.08. The first-order valence-electron chi connectivity index (χ1n) is 6.08. The molecule has 0 aromatic carbocycles. The van der Waals surface area contributed by atoms with Gasteiger partial charge in [-0.05, 0) is 13.3 Å². The summed E-state index contributed by atoms with van der Waals surface area (Å²) < 4.78 is 12.7. The fraction of sp³-hybridized carbons (Fsp3) is 0.750. The molecule has 1 aliphatic heterocycles. The van der Waals surface area contributed by atoms with Gasteiger partial charge in [0.1, 0.15) is 0 Å². The quantitative estimate of drug-likeness (QED) is 0.831. The van der Waals surface area contributed by atoms with E-state index in [9.17, 15) is 0 Å². The fourth-order valence-corrected chi connectivity index (χ4v) is 2.19. The van der Waals surface area contributed by atoms with Crippen molar-refractivity contribution in [3.63, 3.8) is 0 Å². The first kappa shape index (κ1) is 12.5. The molecule has 1 saturated heterocycles. The SMILES string of the molecule is COC(C)Cn1cncc1C(N)C1CCOC1. The molecule has 1 fully saturated rings. The minimum atomic E-state index is 0.00376. The minimum absolute atomic E-state index is 0.00376. The van der Waals surface area contributed by atoms with E-state index in [4.69, 9.17) is 15.2 Å². The number of aromatic nitrogens is 2. The van der Waals surface area contributed by atoms with E-state index in [-0.39, 0.29) is 12.1 Å². The summed E-state index contributed by atoms with van der Waals surface area (Å²) in [4.78, 5) is 4.19. The number of hydrogen-bond acceptors (Lipinski definition) is 4. The zero-order valence-electron chi connectivity index (χ0n) is 10.5. The molecule has 1 aliphatic rings. The van der Waals surface area contributed by atoms with Crippen LogP contribution in [0.2, 0.25) is 0 Å². The van der Waals surface area contributed by atoms with Gasteiger partial charge in [0.05, 0.1) is 30.8 Å². The van der Waals surface area contributed by atoms with Crippen LogP contribution in [0.3, 0.4) is 0 Å². The van der Waals surface area contributed by atoms with Gasteiger partial charge in [0.25, 0.3) is 0 Å². The molecule has 2 heterocycles. The number of nitrogens with two attached hydrogens (primary N) is 1. The molecule has 0 amide bonds. The lowest BCUT2D eigenvalue weighted by Crippen LogP contribution is -2.26. The van der Waals surface area contributed by atoms with Gasteiger partial charge in [-0.2, -0.15) is 0 Å². The molecule has 96 valence electrons. The summed E-state index contributed by atoms with van der Waals surface area (Å²) in [5, 5.41) is 0. The van der Waals surface area contributed by atoms with Gasteiger partial charge in [-0.1, -0.05) is 0 Å². The molecule has 0 radical (unpaired) electrons. The van der Waals surface area contributed by atoms with Crippen molar-refractivity contribution in [1.29, 1.82) is 0 Å². The highest BCUT2D eigenvalue weighted by Crippen LogP contribution is 2.26. The standard InChI is InChI=1S/C12H21N3O2/c1-9(16-2)6-15-8-14-5-11(15)12(13)10-3-4-17-7-10/h5,8-10,12H,3-4,6-7,13H2,1-2H3. The van der Waals surface area contributed by atoms with Crippen LogP contribution in [0.25, 0.3) is 0 Å². The Hall–Kier alpha value is -0.910. The van der Waals surface area contributed by atoms with Crippen molar-refractivity contribution in [2.45, 2.75) is 32.0 Å². The second-order valence-electron chi connectivity index (χ2n) is 4.67. The Morgan fingerprint density at radius 3 is 3.18 bits per heavy atom. The Bertz CT molecular complexity index is 347. The number of ether oxygens (including phenoxy) is 2. The van der Waals surface area contributed by atoms with Crippen LogP contribution >= 0.6 is 0 Å². The second kappa shape index (κ2) is 5.62. The van der Waals surface area contributed by atoms with Gasteiger partial charge in [-0.15, -0.1) is 0 Å². The fourth-order valence-electron chi connectivity index (χ4n) is 2.19. The van der Waals surface area contributed by atoms with Crippen LogP contribution in [0, 0.1) is 5.92 Å². The number of methoxy groups -OCH3 is 1. The van der Waals surface area contributed by atoms with Gasteiger partial charge < -0.3 is 19.8 Å². The Morgan fingerprint density at radius 2 is 2.53 bits per heavy atom. The maximum atomic E-state index is 6.28. The van der Waals surface area contributed by atoms with Crippen molar-refractivity contribution in [1.82, 2.24) is 9.55 Å². The summed E-state index contributed by atoms with van der Waals surface area (Å²) >= 11 is 0. The lowest BCUT2D eigenvalue weighted by molar-refractivity contribution is 0.102. The molecule has 3 atom stereocenters. The van der Waals surface area contributed by atoms with Gasteiger partial charge >= 0.3 is 0 Å². The predicted octanol–water partition coefficient (Wildman–Crippen LogP) is 0.954. The van der Waals surface area contributed by atoms with Gasteiger partial charge in [0, 0.05) is 32.4 Å². The van der Waals surface area contributed by atoms with Crippen molar-refractivity contribution >= 4 is 0 Å². The van der Waals surface area contributed by atoms with E-state index in [1.54, 1.807) is 7.11 Å². The number of rotatable bonds is 5. The van der Waals surface area contributed by atoms with Gasteiger partial charge in [0.2, 0.25) is 0 Å². The van der Waals surface area contributed by atoms with Crippen LogP contribution in [-0.4, -0.2) is 36.0 Å². The first-order chi connectivity index (χ1) is 8.22. The van der Waals surface area contributed by atoms with E-state index in [2.05, 4.69) is 9.55 Å². The highest BCUT2D eigenvalue weighted by Gasteiger charge is 2.26. The number of imidazole rings is 1. The number of hydrogen-bond donors (Lipinski definition) is 1. The molecule has 5 heteroatoms. The third kappa shape index (κ3) is 2.86. The third-order valence-electron chi connectivity index (χ3n) is 3.41. The highest BCUT2D eigenvalue weighted by atomic mass is 16.5. The van der Waals surface area contributed by atoms with E-state index in [0.29, 0.717) is 5.92 Å². The number of nitrogens with zero attached hydrogens (tertiary/aromatic N) is 2. The highest BCUT2D eigenvalue weighted by molar-refractivity contribution is 5.07. The van der Waals surface area contributed by atoms with Crippen LogP contribution in [0.5, 0.6) is 0 Å². The summed E-state index contributed by atoms with van der Waals surface area (Å²) in [7, 11) is 1.71. The van der Waals surface area contributed by atoms with Crippen LogP contribution in [0.15, 0.2) is 12.5 Å². The Morgan fingerprint density at radius 1 is 1.71 bits per heavy atom. The maximum Gasteiger partial charge on any atom is 0.0949 e. The van der Waals surface area contributed by atoms with Crippen molar-refractivity contribution in [2.75, 3.05) is 20.3 Å². The lowest BCUT2D eigenvalue weighted by Gasteiger charge is -2.20. The van der Waals surface area contributed by atoms with E-state index < -0.39 is 0 Å². The van der Waals surface area contributed by atoms with E-state index in [1.165, 1.54) is 0 Å². The third-order valence-corrected chi connectivity index (χ3v) is 3.41. The van der Waals surface area contributed by atoms with Crippen molar-refractivity contribution in [3.8, 4) is 0 Å². The molecule has 17 heavy (non-hydrogen) atoms. The second-order valence-corrected chi connectivity index (χ2v) is 4.67. The molecule has 2 N–H and O–H groups in total. The van der Waals surface area contributed by atoms with Crippen molar-refractivity contribution in [3.05, 3.63) is 18.2 Å².